The Labute approximate surface area is 362 Å². The van der Waals surface area contributed by atoms with Crippen molar-refractivity contribution in [2.75, 3.05) is 20.2 Å². The minimum atomic E-state index is -4.63. The quantitative estimate of drug-likeness (QED) is 0.247. The van der Waals surface area contributed by atoms with Crippen molar-refractivity contribution < 1.29 is 50.2 Å². The minimum Gasteiger partial charge on any atom is -0.495 e. The maximum atomic E-state index is 14.9. The van der Waals surface area contributed by atoms with Crippen LogP contribution in [0.15, 0.2) is 54.7 Å². The highest BCUT2D eigenvalue weighted by Gasteiger charge is 2.62. The number of hydrogen-bond donors (Lipinski definition) is 2. The molecule has 2 saturated heterocycles. The minimum absolute atomic E-state index is 0.0844. The van der Waals surface area contributed by atoms with E-state index in [-0.39, 0.29) is 50.2 Å². The highest BCUT2D eigenvalue weighted by atomic mass is 35.5. The van der Waals surface area contributed by atoms with Gasteiger partial charge in [0.15, 0.2) is 0 Å². The van der Waals surface area contributed by atoms with E-state index in [1.807, 2.05) is 6.08 Å². The van der Waals surface area contributed by atoms with Gasteiger partial charge in [0.1, 0.15) is 40.2 Å². The average Bonchev–Trinajstić information content (AvgIpc) is 4.11. The van der Waals surface area contributed by atoms with E-state index in [1.165, 1.54) is 12.0 Å². The van der Waals surface area contributed by atoms with Gasteiger partial charge >= 0.3 is 6.18 Å². The van der Waals surface area contributed by atoms with Gasteiger partial charge in [0.05, 0.1) is 35.8 Å². The molecule has 0 bridgehead atoms. The monoisotopic (exact) mass is 900 g/mol. The number of nitrogens with zero attached hydrogens (tertiary/aromatic N) is 4. The molecule has 3 unspecified atom stereocenters. The van der Waals surface area contributed by atoms with E-state index in [0.29, 0.717) is 72.3 Å². The molecule has 2 N–H and O–H groups in total. The van der Waals surface area contributed by atoms with Gasteiger partial charge in [-0.05, 0) is 75.6 Å². The molecule has 4 amide bonds. The zero-order valence-corrected chi connectivity index (χ0v) is 35.6. The number of carbonyl (C=O) groups is 4. The van der Waals surface area contributed by atoms with Gasteiger partial charge in [0.25, 0.3) is 5.91 Å². The Kier molecular flexibility index (Phi) is 12.2. The van der Waals surface area contributed by atoms with Crippen LogP contribution in [0.3, 0.4) is 0 Å². The first-order valence-corrected chi connectivity index (χ1v) is 23.0. The zero-order chi connectivity index (χ0) is 44.0. The highest BCUT2D eigenvalue weighted by molar-refractivity contribution is 7.91. The van der Waals surface area contributed by atoms with Gasteiger partial charge in [-0.15, -0.1) is 0 Å². The molecule has 2 saturated carbocycles. The van der Waals surface area contributed by atoms with E-state index < -0.39 is 87.1 Å². The lowest BCUT2D eigenvalue weighted by Crippen LogP contribution is -2.57. The summed E-state index contributed by atoms with van der Waals surface area (Å²) in [7, 11) is -2.51. The van der Waals surface area contributed by atoms with E-state index in [1.54, 1.807) is 48.7 Å². The smallest absolute Gasteiger partial charge is 0.408 e. The molecule has 3 aromatic rings. The van der Waals surface area contributed by atoms with Gasteiger partial charge in [-0.3, -0.25) is 28.9 Å². The fourth-order valence-corrected chi connectivity index (χ4v) is 10.7. The normalized spacial score (nSPS) is 27.7. The standard InChI is InChI=1S/C43H48ClF3N6O8S/c1-60-33-17-16-29-34(22-31(49-38(29)37(33)44)30-12-7-8-18-48-30)61-27-21-32-39(55)50-42(41(57)51-62(58,59)28-14-15-28)23-26(42)11-6-4-2-3-5-10-25(40(56)53(32)24-27)20-36(54)52-19-9-13-35(52)43(45,46)47/h6-8,11-12,16-18,22,25-28,32,35H,2-5,9-10,13-15,19-21,23-24H2,1H3,(H,50,55)(H,51,57)/b11-6-/t25-,26?,27-,32+,35?,42?/m1/s1. The van der Waals surface area contributed by atoms with Crippen molar-refractivity contribution in [3.05, 3.63) is 59.8 Å². The van der Waals surface area contributed by atoms with Crippen LogP contribution in [-0.2, 0) is 29.2 Å². The van der Waals surface area contributed by atoms with E-state index in [2.05, 4.69) is 15.0 Å². The lowest BCUT2D eigenvalue weighted by atomic mass is 9.94. The average molecular weight is 901 g/mol. The SMILES string of the molecule is COc1ccc2c(O[C@@H]3C[C@H]4C(=O)NC5(C(=O)NS(=O)(=O)C6CC6)CC5/C=C\CCCCC[C@H](CC(=O)N5CCCC5C(F)(F)F)C(=O)N4C3)cc(-c3ccccn3)nc2c1Cl. The molecule has 2 aromatic heterocycles. The Bertz CT molecular complexity index is 2390. The molecule has 5 aliphatic rings. The summed E-state index contributed by atoms with van der Waals surface area (Å²) < 4.78 is 82.2. The molecular formula is C43H48ClF3N6O8S. The van der Waals surface area contributed by atoms with Gasteiger partial charge in [-0.1, -0.05) is 42.7 Å². The summed E-state index contributed by atoms with van der Waals surface area (Å²) in [6, 6.07) is 7.10. The molecule has 8 rings (SSSR count). The van der Waals surface area contributed by atoms with Gasteiger partial charge in [0.2, 0.25) is 27.7 Å². The van der Waals surface area contributed by atoms with Crippen LogP contribution in [0, 0.1) is 11.8 Å². The number of fused-ring (bicyclic) bond motifs is 3. The fourth-order valence-electron chi connectivity index (χ4n) is 9.00. The van der Waals surface area contributed by atoms with E-state index in [9.17, 15) is 40.8 Å². The maximum Gasteiger partial charge on any atom is 0.408 e. The topological polar surface area (TPSA) is 177 Å². The lowest BCUT2D eigenvalue weighted by Gasteiger charge is -2.31. The molecule has 3 aliphatic heterocycles. The number of halogens is 4. The number of carbonyl (C=O) groups excluding carboxylic acids is 4. The predicted octanol–water partition coefficient (Wildman–Crippen LogP) is 5.87. The largest absolute Gasteiger partial charge is 0.495 e. The van der Waals surface area contributed by atoms with Crippen molar-refractivity contribution in [1.29, 1.82) is 0 Å². The van der Waals surface area contributed by atoms with Gasteiger partial charge < -0.3 is 24.6 Å². The number of hydrogen-bond acceptors (Lipinski definition) is 10. The van der Waals surface area contributed by atoms with Gasteiger partial charge in [-0.25, -0.2) is 13.4 Å². The highest BCUT2D eigenvalue weighted by Crippen LogP contribution is 2.47. The number of aromatic nitrogens is 2. The third-order valence-electron chi connectivity index (χ3n) is 12.6. The Hall–Kier alpha value is -4.97. The first-order valence-electron chi connectivity index (χ1n) is 21.1. The molecule has 14 nitrogen and oxygen atoms in total. The molecule has 0 spiro atoms. The number of benzene rings is 1. The van der Waals surface area contributed by atoms with Crippen molar-refractivity contribution in [3.63, 3.8) is 0 Å². The number of pyridine rings is 2. The number of methoxy groups -OCH3 is 1. The van der Waals surface area contributed by atoms with Crippen molar-refractivity contribution in [1.82, 2.24) is 29.8 Å². The summed E-state index contributed by atoms with van der Waals surface area (Å²) in [6.45, 7) is -0.249. The molecule has 332 valence electrons. The molecule has 0 radical (unpaired) electrons. The summed E-state index contributed by atoms with van der Waals surface area (Å²) in [5.74, 6) is -3.93. The summed E-state index contributed by atoms with van der Waals surface area (Å²) >= 11 is 6.77. The fraction of sp³-hybridized carbons (Fsp3) is 0.535. The van der Waals surface area contributed by atoms with Crippen LogP contribution in [0.1, 0.15) is 77.0 Å². The summed E-state index contributed by atoms with van der Waals surface area (Å²) in [5.41, 5.74) is -0.365. The molecule has 2 aliphatic carbocycles. The van der Waals surface area contributed by atoms with Gasteiger partial charge in [-0.2, -0.15) is 13.2 Å². The Balaban J connectivity index is 1.14. The van der Waals surface area contributed by atoms with Crippen LogP contribution in [0.5, 0.6) is 11.5 Å². The van der Waals surface area contributed by atoms with Crippen LogP contribution in [-0.4, -0.2) is 107 Å². The first kappa shape index (κ1) is 43.7. The number of likely N-dealkylation sites (tertiary alicyclic amines) is 1. The first-order chi connectivity index (χ1) is 29.6. The number of nitrogens with one attached hydrogen (secondary N) is 2. The number of alkyl halides is 3. The Morgan fingerprint density at radius 3 is 2.56 bits per heavy atom. The van der Waals surface area contributed by atoms with Crippen LogP contribution >= 0.6 is 11.6 Å². The summed E-state index contributed by atoms with van der Waals surface area (Å²) in [5, 5.41) is 2.84. The predicted molar refractivity (Wildman–Crippen MR) is 221 cm³/mol. The van der Waals surface area contributed by atoms with Crippen molar-refractivity contribution in [2.45, 2.75) is 112 Å². The molecule has 1 aromatic carbocycles. The van der Waals surface area contributed by atoms with E-state index in [0.717, 1.165) is 4.90 Å². The number of allylic oxidation sites excluding steroid dienone is 1. The van der Waals surface area contributed by atoms with Crippen LogP contribution in [0.4, 0.5) is 13.2 Å². The van der Waals surface area contributed by atoms with E-state index in [4.69, 9.17) is 26.1 Å². The third kappa shape index (κ3) is 8.94. The maximum absolute atomic E-state index is 14.9. The second-order valence-corrected chi connectivity index (χ2v) is 19.2. The Morgan fingerprint density at radius 1 is 1.03 bits per heavy atom. The van der Waals surface area contributed by atoms with Gasteiger partial charge in [0, 0.05) is 48.9 Å². The number of sulfonamides is 1. The second-order valence-electron chi connectivity index (χ2n) is 16.9. The number of ether oxygens (including phenoxy) is 2. The summed E-state index contributed by atoms with van der Waals surface area (Å²) in [4.78, 5) is 68.3. The lowest BCUT2D eigenvalue weighted by molar-refractivity contribution is -0.183. The number of rotatable bonds is 9. The molecular weight excluding hydrogens is 853 g/mol. The molecule has 4 fully saturated rings. The van der Waals surface area contributed by atoms with E-state index >= 15 is 0 Å². The van der Waals surface area contributed by atoms with Crippen molar-refractivity contribution in [3.8, 4) is 22.9 Å². The second kappa shape index (κ2) is 17.3. The number of amides is 4. The Morgan fingerprint density at radius 2 is 1.84 bits per heavy atom. The van der Waals surface area contributed by atoms with Crippen LogP contribution in [0.2, 0.25) is 5.02 Å². The van der Waals surface area contributed by atoms with Crippen molar-refractivity contribution in [2.24, 2.45) is 11.8 Å². The molecule has 6 atom stereocenters. The third-order valence-corrected chi connectivity index (χ3v) is 14.8. The van der Waals surface area contributed by atoms with Crippen LogP contribution < -0.4 is 19.5 Å². The molecule has 19 heteroatoms. The molecule has 62 heavy (non-hydrogen) atoms. The van der Waals surface area contributed by atoms with Crippen LogP contribution in [0.25, 0.3) is 22.3 Å². The van der Waals surface area contributed by atoms with Crippen molar-refractivity contribution >= 4 is 56.2 Å². The summed E-state index contributed by atoms with van der Waals surface area (Å²) in [6.07, 6.45) is 2.71. The molecule has 5 heterocycles. The zero-order valence-electron chi connectivity index (χ0n) is 34.0.